The van der Waals surface area contributed by atoms with Crippen molar-refractivity contribution >= 4 is 40.4 Å². The van der Waals surface area contributed by atoms with Gasteiger partial charge in [-0.15, -0.1) is 0 Å². The van der Waals surface area contributed by atoms with E-state index in [0.29, 0.717) is 16.3 Å². The van der Waals surface area contributed by atoms with Crippen LogP contribution < -0.4 is 10.1 Å². The first-order valence-corrected chi connectivity index (χ1v) is 7.43. The Bertz CT molecular complexity index is 822. The molecule has 0 aromatic heterocycles. The van der Waals surface area contributed by atoms with Gasteiger partial charge in [0.1, 0.15) is 11.4 Å². The van der Waals surface area contributed by atoms with Gasteiger partial charge in [-0.3, -0.25) is 14.9 Å². The number of ether oxygens (including phenoxy) is 1. The molecule has 0 saturated carbocycles. The minimum atomic E-state index is -0.542. The number of nitro groups is 1. The summed E-state index contributed by atoms with van der Waals surface area (Å²) in [6.07, 6.45) is 2.56. The molecule has 0 aliphatic rings. The highest BCUT2D eigenvalue weighted by molar-refractivity contribution is 6.42. The van der Waals surface area contributed by atoms with Crippen LogP contribution in [-0.2, 0) is 0 Å². The average molecular weight is 367 g/mol. The Balaban J connectivity index is 2.15. The number of carbonyl (C=O) groups is 1. The number of rotatable bonds is 6. The van der Waals surface area contributed by atoms with Gasteiger partial charge >= 0.3 is 0 Å². The number of hydrogen-bond acceptors (Lipinski definition) is 5. The van der Waals surface area contributed by atoms with Crippen LogP contribution in [-0.4, -0.2) is 17.8 Å². The van der Waals surface area contributed by atoms with Gasteiger partial charge in [-0.2, -0.15) is 0 Å². The Hall–Kier alpha value is -2.57. The summed E-state index contributed by atoms with van der Waals surface area (Å²) in [6, 6.07) is 8.86. The van der Waals surface area contributed by atoms with E-state index in [2.05, 4.69) is 5.32 Å². The smallest absolute Gasteiger partial charge is 0.296 e. The maximum atomic E-state index is 12.0. The van der Waals surface area contributed by atoms with Gasteiger partial charge in [0.25, 0.3) is 5.69 Å². The minimum Gasteiger partial charge on any atom is -0.496 e. The van der Waals surface area contributed by atoms with E-state index in [1.165, 1.54) is 49.7 Å². The van der Waals surface area contributed by atoms with Crippen LogP contribution >= 0.6 is 23.2 Å². The number of halogens is 2. The molecule has 1 N–H and O–H groups in total. The zero-order chi connectivity index (χ0) is 17.7. The van der Waals surface area contributed by atoms with Crippen molar-refractivity contribution in [3.05, 3.63) is 74.4 Å². The van der Waals surface area contributed by atoms with Gasteiger partial charge in [-0.1, -0.05) is 23.2 Å². The summed E-state index contributed by atoms with van der Waals surface area (Å²) >= 11 is 11.7. The molecule has 0 fully saturated rings. The number of benzene rings is 2. The molecule has 0 amide bonds. The third-order valence-corrected chi connectivity index (χ3v) is 3.82. The Labute approximate surface area is 147 Å². The van der Waals surface area contributed by atoms with Crippen molar-refractivity contribution in [2.24, 2.45) is 0 Å². The number of nitrogens with zero attached hydrogens (tertiary/aromatic N) is 1. The molecule has 0 aliphatic heterocycles. The summed E-state index contributed by atoms with van der Waals surface area (Å²) in [5.41, 5.74) is 0.423. The van der Waals surface area contributed by atoms with Crippen LogP contribution in [0.1, 0.15) is 10.4 Å². The highest BCUT2D eigenvalue weighted by atomic mass is 35.5. The maximum absolute atomic E-state index is 12.0. The SMILES string of the molecule is COc1ccc(NC=CC(=O)c2ccc(Cl)c(Cl)c2)c([N+](=O)[O-])c1. The van der Waals surface area contributed by atoms with Crippen LogP contribution in [0, 0.1) is 10.1 Å². The van der Waals surface area contributed by atoms with E-state index in [4.69, 9.17) is 27.9 Å². The lowest BCUT2D eigenvalue weighted by atomic mass is 10.1. The first kappa shape index (κ1) is 17.8. The van der Waals surface area contributed by atoms with Crippen LogP contribution in [0.5, 0.6) is 5.75 Å². The van der Waals surface area contributed by atoms with Crippen molar-refractivity contribution in [3.63, 3.8) is 0 Å². The zero-order valence-corrected chi connectivity index (χ0v) is 14.0. The molecule has 0 radical (unpaired) electrons. The fraction of sp³-hybridized carbons (Fsp3) is 0.0625. The van der Waals surface area contributed by atoms with Gasteiger partial charge in [0.15, 0.2) is 5.78 Å². The predicted molar refractivity (Wildman–Crippen MR) is 93.2 cm³/mol. The molecule has 0 atom stereocenters. The molecule has 8 heteroatoms. The van der Waals surface area contributed by atoms with Gasteiger partial charge < -0.3 is 10.1 Å². The van der Waals surface area contributed by atoms with Crippen LogP contribution in [0.3, 0.4) is 0 Å². The second-order valence-electron chi connectivity index (χ2n) is 4.61. The third-order valence-electron chi connectivity index (χ3n) is 3.08. The number of anilines is 1. The highest BCUT2D eigenvalue weighted by Gasteiger charge is 2.14. The summed E-state index contributed by atoms with van der Waals surface area (Å²) in [7, 11) is 1.42. The fourth-order valence-corrected chi connectivity index (χ4v) is 2.16. The molecule has 0 spiro atoms. The standard InChI is InChI=1S/C16H12Cl2N2O4/c1-24-11-3-5-14(15(9-11)20(22)23)19-7-6-16(21)10-2-4-12(17)13(18)8-10/h2-9,19H,1H3. The molecular formula is C16H12Cl2N2O4. The van der Waals surface area contributed by atoms with Gasteiger partial charge in [0.05, 0.1) is 28.1 Å². The lowest BCUT2D eigenvalue weighted by Crippen LogP contribution is -1.99. The lowest BCUT2D eigenvalue weighted by molar-refractivity contribution is -0.384. The Morgan fingerprint density at radius 2 is 1.96 bits per heavy atom. The van der Waals surface area contributed by atoms with Crippen molar-refractivity contribution in [3.8, 4) is 5.75 Å². The van der Waals surface area contributed by atoms with Gasteiger partial charge in [0.2, 0.25) is 0 Å². The molecule has 0 unspecified atom stereocenters. The summed E-state index contributed by atoms with van der Waals surface area (Å²) in [6.45, 7) is 0. The van der Waals surface area contributed by atoms with Crippen molar-refractivity contribution in [2.45, 2.75) is 0 Å². The van der Waals surface area contributed by atoms with Crippen molar-refractivity contribution in [1.82, 2.24) is 0 Å². The topological polar surface area (TPSA) is 81.5 Å². The molecule has 0 heterocycles. The molecule has 124 valence electrons. The Kier molecular flexibility index (Phi) is 5.78. The van der Waals surface area contributed by atoms with E-state index in [1.54, 1.807) is 6.07 Å². The number of methoxy groups -OCH3 is 1. The van der Waals surface area contributed by atoms with E-state index in [-0.39, 0.29) is 22.2 Å². The van der Waals surface area contributed by atoms with E-state index < -0.39 is 4.92 Å². The second kappa shape index (κ2) is 7.81. The molecule has 0 aliphatic carbocycles. The van der Waals surface area contributed by atoms with Crippen LogP contribution in [0.15, 0.2) is 48.7 Å². The molecule has 6 nitrogen and oxygen atoms in total. The maximum Gasteiger partial charge on any atom is 0.296 e. The summed E-state index contributed by atoms with van der Waals surface area (Å²) < 4.78 is 4.95. The van der Waals surface area contributed by atoms with Crippen LogP contribution in [0.25, 0.3) is 0 Å². The number of nitrogens with one attached hydrogen (secondary N) is 1. The van der Waals surface area contributed by atoms with E-state index in [0.717, 1.165) is 0 Å². The van der Waals surface area contributed by atoms with Gasteiger partial charge in [-0.25, -0.2) is 0 Å². The normalized spacial score (nSPS) is 10.6. The number of carbonyl (C=O) groups excluding carboxylic acids is 1. The minimum absolute atomic E-state index is 0.166. The molecule has 24 heavy (non-hydrogen) atoms. The predicted octanol–water partition coefficient (Wildman–Crippen LogP) is 4.72. The van der Waals surface area contributed by atoms with Crippen LogP contribution in [0.4, 0.5) is 11.4 Å². The number of nitro benzene ring substituents is 1. The van der Waals surface area contributed by atoms with Crippen molar-refractivity contribution in [2.75, 3.05) is 12.4 Å². The number of hydrogen-bond donors (Lipinski definition) is 1. The summed E-state index contributed by atoms with van der Waals surface area (Å²) in [4.78, 5) is 22.6. The zero-order valence-electron chi connectivity index (χ0n) is 12.5. The Morgan fingerprint density at radius 3 is 2.58 bits per heavy atom. The third kappa shape index (κ3) is 4.24. The molecular weight excluding hydrogens is 355 g/mol. The lowest BCUT2D eigenvalue weighted by Gasteiger charge is -2.05. The van der Waals surface area contributed by atoms with E-state index >= 15 is 0 Å². The summed E-state index contributed by atoms with van der Waals surface area (Å²) in [5.74, 6) is 0.0420. The van der Waals surface area contributed by atoms with Gasteiger partial charge in [0, 0.05) is 17.8 Å². The monoisotopic (exact) mass is 366 g/mol. The van der Waals surface area contributed by atoms with E-state index in [9.17, 15) is 14.9 Å². The van der Waals surface area contributed by atoms with E-state index in [1.807, 2.05) is 0 Å². The number of allylic oxidation sites excluding steroid dienone is 1. The number of ketones is 1. The van der Waals surface area contributed by atoms with Crippen molar-refractivity contribution in [1.29, 1.82) is 0 Å². The molecule has 2 aromatic rings. The van der Waals surface area contributed by atoms with Crippen molar-refractivity contribution < 1.29 is 14.5 Å². The largest absolute Gasteiger partial charge is 0.496 e. The second-order valence-corrected chi connectivity index (χ2v) is 5.43. The highest BCUT2D eigenvalue weighted by Crippen LogP contribution is 2.29. The Morgan fingerprint density at radius 1 is 1.21 bits per heavy atom. The first-order chi connectivity index (χ1) is 11.4. The first-order valence-electron chi connectivity index (χ1n) is 6.67. The molecule has 0 saturated heterocycles. The van der Waals surface area contributed by atoms with Gasteiger partial charge in [-0.05, 0) is 30.3 Å². The average Bonchev–Trinajstić information content (AvgIpc) is 2.57. The van der Waals surface area contributed by atoms with Crippen LogP contribution in [0.2, 0.25) is 10.0 Å². The summed E-state index contributed by atoms with van der Waals surface area (Å²) in [5, 5.41) is 14.4. The molecule has 0 bridgehead atoms. The molecule has 2 aromatic carbocycles. The fourth-order valence-electron chi connectivity index (χ4n) is 1.86. The quantitative estimate of drug-likeness (QED) is 0.346. The molecule has 2 rings (SSSR count).